The second kappa shape index (κ2) is 5.97. The van der Waals surface area contributed by atoms with Crippen molar-refractivity contribution in [3.63, 3.8) is 0 Å². The molecule has 0 amide bonds. The molecule has 9 heteroatoms. The molecule has 0 spiro atoms. The number of ether oxygens (including phenoxy) is 1. The first kappa shape index (κ1) is 14.2. The number of imidazole rings is 1. The minimum Gasteiger partial charge on any atom is -0.455 e. The molecule has 3 heterocycles. The van der Waals surface area contributed by atoms with Gasteiger partial charge in [-0.15, -0.1) is 0 Å². The third kappa shape index (κ3) is 2.63. The number of rotatable bonds is 5. The van der Waals surface area contributed by atoms with Gasteiger partial charge >= 0.3 is 6.01 Å². The van der Waals surface area contributed by atoms with Gasteiger partial charge in [0.25, 0.3) is 0 Å². The molecule has 3 aromatic heterocycles. The molecule has 24 heavy (non-hydrogen) atoms. The van der Waals surface area contributed by atoms with E-state index in [0.717, 1.165) is 5.69 Å². The average molecular weight is 324 g/mol. The smallest absolute Gasteiger partial charge is 0.361 e. The molecule has 120 valence electrons. The maximum atomic E-state index is 9.12. The van der Waals surface area contributed by atoms with Gasteiger partial charge in [0.15, 0.2) is 11.6 Å². The summed E-state index contributed by atoms with van der Waals surface area (Å²) in [4.78, 5) is 4.32. The number of aliphatic hydroxyl groups excluding tert-OH is 1. The van der Waals surface area contributed by atoms with Crippen LogP contribution in [0.5, 0.6) is 11.8 Å². The van der Waals surface area contributed by atoms with Gasteiger partial charge < -0.3 is 14.3 Å². The normalized spacial score (nSPS) is 10.9. The maximum absolute atomic E-state index is 9.12. The molecule has 2 N–H and O–H groups in total. The van der Waals surface area contributed by atoms with Crippen LogP contribution in [0.4, 0.5) is 0 Å². The van der Waals surface area contributed by atoms with Crippen LogP contribution < -0.4 is 4.74 Å². The van der Waals surface area contributed by atoms with Crippen LogP contribution in [0.15, 0.2) is 53.2 Å². The van der Waals surface area contributed by atoms with Crippen LogP contribution in [-0.2, 0) is 6.61 Å². The molecular formula is C15H12N6O3. The highest BCUT2D eigenvalue weighted by Crippen LogP contribution is 2.25. The van der Waals surface area contributed by atoms with Crippen molar-refractivity contribution in [3.05, 3.63) is 54.6 Å². The van der Waals surface area contributed by atoms with Gasteiger partial charge in [0.1, 0.15) is 18.1 Å². The van der Waals surface area contributed by atoms with E-state index in [4.69, 9.17) is 14.3 Å². The molecule has 0 aliphatic heterocycles. The molecule has 1 aromatic carbocycles. The van der Waals surface area contributed by atoms with Crippen molar-refractivity contribution in [1.82, 2.24) is 30.2 Å². The summed E-state index contributed by atoms with van der Waals surface area (Å²) in [5.74, 6) is 2.29. The van der Waals surface area contributed by atoms with E-state index in [-0.39, 0.29) is 12.6 Å². The summed E-state index contributed by atoms with van der Waals surface area (Å²) in [6, 6.07) is 11.0. The van der Waals surface area contributed by atoms with E-state index in [1.54, 1.807) is 30.5 Å². The fourth-order valence-corrected chi connectivity index (χ4v) is 2.25. The summed E-state index contributed by atoms with van der Waals surface area (Å²) in [5, 5.41) is 22.3. The molecule has 0 aliphatic rings. The Morgan fingerprint density at radius 1 is 1.17 bits per heavy atom. The van der Waals surface area contributed by atoms with E-state index in [1.807, 2.05) is 22.9 Å². The third-order valence-corrected chi connectivity index (χ3v) is 3.33. The fourth-order valence-electron chi connectivity index (χ4n) is 2.25. The number of aromatic amines is 1. The predicted octanol–water partition coefficient (Wildman–Crippen LogP) is 1.93. The first-order chi connectivity index (χ1) is 11.8. The van der Waals surface area contributed by atoms with Crippen LogP contribution >= 0.6 is 0 Å². The Morgan fingerprint density at radius 2 is 2.04 bits per heavy atom. The molecule has 0 bridgehead atoms. The van der Waals surface area contributed by atoms with Gasteiger partial charge in [-0.3, -0.25) is 4.57 Å². The minimum absolute atomic E-state index is 0.150. The number of aliphatic hydroxyl groups is 1. The highest BCUT2D eigenvalue weighted by atomic mass is 16.5. The van der Waals surface area contributed by atoms with Crippen LogP contribution in [0.1, 0.15) is 5.76 Å². The molecule has 0 fully saturated rings. The second-order valence-electron chi connectivity index (χ2n) is 4.84. The van der Waals surface area contributed by atoms with Crippen molar-refractivity contribution in [2.45, 2.75) is 6.61 Å². The van der Waals surface area contributed by atoms with Gasteiger partial charge in [0.05, 0.1) is 0 Å². The molecule has 4 aromatic rings. The van der Waals surface area contributed by atoms with Crippen molar-refractivity contribution >= 4 is 0 Å². The second-order valence-corrected chi connectivity index (χ2v) is 4.84. The van der Waals surface area contributed by atoms with Gasteiger partial charge in [-0.05, 0) is 41.6 Å². The van der Waals surface area contributed by atoms with E-state index in [9.17, 15) is 0 Å². The van der Waals surface area contributed by atoms with Gasteiger partial charge in [0, 0.05) is 18.1 Å². The Bertz CT molecular complexity index is 926. The number of hydrogen-bond donors (Lipinski definition) is 2. The summed E-state index contributed by atoms with van der Waals surface area (Å²) in [6.07, 6.45) is 3.51. The van der Waals surface area contributed by atoms with E-state index >= 15 is 0 Å². The number of nitrogens with zero attached hydrogens (tertiary/aromatic N) is 5. The molecule has 4 rings (SSSR count). The van der Waals surface area contributed by atoms with Crippen molar-refractivity contribution < 1.29 is 14.3 Å². The molecule has 0 aliphatic carbocycles. The quantitative estimate of drug-likeness (QED) is 0.576. The highest BCUT2D eigenvalue weighted by Gasteiger charge is 2.12. The lowest BCUT2D eigenvalue weighted by atomic mass is 10.3. The van der Waals surface area contributed by atoms with Crippen molar-refractivity contribution in [3.8, 4) is 29.0 Å². The first-order valence-corrected chi connectivity index (χ1v) is 7.08. The van der Waals surface area contributed by atoms with Crippen molar-refractivity contribution in [1.29, 1.82) is 0 Å². The number of hydrogen-bond acceptors (Lipinski definition) is 7. The zero-order valence-corrected chi connectivity index (χ0v) is 12.3. The molecule has 0 radical (unpaired) electrons. The highest BCUT2D eigenvalue weighted by molar-refractivity contribution is 5.53. The SMILES string of the molecule is OCc1ccc(-c2nccn2-c2ccc(Oc3nn[nH]n3)cc2)o1. The summed E-state index contributed by atoms with van der Waals surface area (Å²) < 4.78 is 12.9. The summed E-state index contributed by atoms with van der Waals surface area (Å²) in [5.41, 5.74) is 0.880. The van der Waals surface area contributed by atoms with Gasteiger partial charge in [-0.25, -0.2) is 4.98 Å². The monoisotopic (exact) mass is 324 g/mol. The third-order valence-electron chi connectivity index (χ3n) is 3.33. The molecule has 0 saturated carbocycles. The number of benzene rings is 1. The lowest BCUT2D eigenvalue weighted by Crippen LogP contribution is -1.96. The lowest BCUT2D eigenvalue weighted by Gasteiger charge is -2.07. The maximum Gasteiger partial charge on any atom is 0.361 e. The zero-order valence-electron chi connectivity index (χ0n) is 12.3. The van der Waals surface area contributed by atoms with Gasteiger partial charge in [-0.1, -0.05) is 10.2 Å². The van der Waals surface area contributed by atoms with Crippen molar-refractivity contribution in [2.75, 3.05) is 0 Å². The van der Waals surface area contributed by atoms with Crippen LogP contribution in [-0.4, -0.2) is 35.3 Å². The van der Waals surface area contributed by atoms with Crippen LogP contribution in [0.25, 0.3) is 17.3 Å². The number of furan rings is 1. The van der Waals surface area contributed by atoms with Crippen molar-refractivity contribution in [2.24, 2.45) is 0 Å². The number of aromatic nitrogens is 6. The van der Waals surface area contributed by atoms with Crippen LogP contribution in [0.3, 0.4) is 0 Å². The van der Waals surface area contributed by atoms with E-state index in [1.165, 1.54) is 0 Å². The van der Waals surface area contributed by atoms with Crippen LogP contribution in [0, 0.1) is 0 Å². The topological polar surface area (TPSA) is 115 Å². The largest absolute Gasteiger partial charge is 0.455 e. The Morgan fingerprint density at radius 3 is 2.75 bits per heavy atom. The first-order valence-electron chi connectivity index (χ1n) is 7.08. The summed E-state index contributed by atoms with van der Waals surface area (Å²) in [7, 11) is 0. The Balaban J connectivity index is 1.61. The predicted molar refractivity (Wildman–Crippen MR) is 81.4 cm³/mol. The standard InChI is InChI=1S/C15H12N6O3/c22-9-12-5-6-13(23-12)14-16-7-8-21(14)10-1-3-11(4-2-10)24-15-17-19-20-18-15/h1-8,22H,9H2,(H,17,18,19,20). The molecular weight excluding hydrogens is 312 g/mol. The Kier molecular flexibility index (Phi) is 3.52. The average Bonchev–Trinajstić information content (AvgIpc) is 3.36. The zero-order chi connectivity index (χ0) is 16.4. The Labute approximate surface area is 135 Å². The van der Waals surface area contributed by atoms with Gasteiger partial charge in [0.2, 0.25) is 0 Å². The summed E-state index contributed by atoms with van der Waals surface area (Å²) in [6.45, 7) is -0.150. The molecule has 9 nitrogen and oxygen atoms in total. The lowest BCUT2D eigenvalue weighted by molar-refractivity contribution is 0.248. The number of nitrogens with one attached hydrogen (secondary N) is 1. The molecule has 0 atom stereocenters. The molecule has 0 unspecified atom stereocenters. The van der Waals surface area contributed by atoms with E-state index < -0.39 is 0 Å². The molecule has 0 saturated heterocycles. The van der Waals surface area contributed by atoms with Gasteiger partial charge in [-0.2, -0.15) is 5.21 Å². The summed E-state index contributed by atoms with van der Waals surface area (Å²) >= 11 is 0. The van der Waals surface area contributed by atoms with Crippen LogP contribution in [0.2, 0.25) is 0 Å². The minimum atomic E-state index is -0.150. The Hall–Kier alpha value is -3.46. The number of H-pyrrole nitrogens is 1. The van der Waals surface area contributed by atoms with E-state index in [0.29, 0.717) is 23.1 Å². The number of tetrazole rings is 1. The van der Waals surface area contributed by atoms with E-state index in [2.05, 4.69) is 25.6 Å². The fraction of sp³-hybridized carbons (Fsp3) is 0.0667.